The normalized spacial score (nSPS) is 12.1. The Morgan fingerprint density at radius 1 is 1.31 bits per heavy atom. The summed E-state index contributed by atoms with van der Waals surface area (Å²) in [6, 6.07) is 7.81. The smallest absolute Gasteiger partial charge is 0.248 e. The molecule has 1 unspecified atom stereocenters. The molecule has 0 bridgehead atoms. The quantitative estimate of drug-likeness (QED) is 0.774. The molecule has 0 aromatic heterocycles. The maximum absolute atomic E-state index is 10.9. The molecule has 0 spiro atoms. The maximum atomic E-state index is 10.9. The van der Waals surface area contributed by atoms with Crippen LogP contribution in [0.15, 0.2) is 24.3 Å². The standard InChI is InChI=1S/C13H20N2O/c1-3-5-11(4-2)15-12-8-6-10(7-9-12)13(14)16/h6-9,11,15H,3-5H2,1-2H3,(H2,14,16). The molecule has 0 radical (unpaired) electrons. The van der Waals surface area contributed by atoms with E-state index in [1.807, 2.05) is 12.1 Å². The fourth-order valence-electron chi connectivity index (χ4n) is 1.69. The minimum absolute atomic E-state index is 0.382. The number of nitrogens with two attached hydrogens (primary N) is 1. The van der Waals surface area contributed by atoms with Crippen molar-refractivity contribution in [2.45, 2.75) is 39.2 Å². The first-order valence-electron chi connectivity index (χ1n) is 5.83. The van der Waals surface area contributed by atoms with E-state index in [2.05, 4.69) is 19.2 Å². The number of hydrogen-bond acceptors (Lipinski definition) is 2. The van der Waals surface area contributed by atoms with Crippen molar-refractivity contribution in [2.75, 3.05) is 5.32 Å². The molecule has 1 amide bonds. The molecule has 3 N–H and O–H groups in total. The lowest BCUT2D eigenvalue weighted by Crippen LogP contribution is -2.18. The lowest BCUT2D eigenvalue weighted by Gasteiger charge is -2.17. The Labute approximate surface area is 97.0 Å². The van der Waals surface area contributed by atoms with E-state index < -0.39 is 0 Å². The molecule has 0 saturated carbocycles. The number of rotatable bonds is 6. The van der Waals surface area contributed by atoms with Gasteiger partial charge in [0.2, 0.25) is 5.91 Å². The Morgan fingerprint density at radius 3 is 2.38 bits per heavy atom. The largest absolute Gasteiger partial charge is 0.382 e. The summed E-state index contributed by atoms with van der Waals surface area (Å²) in [5, 5.41) is 3.44. The average Bonchev–Trinajstić information content (AvgIpc) is 2.29. The summed E-state index contributed by atoms with van der Waals surface area (Å²) in [5.74, 6) is -0.382. The van der Waals surface area contributed by atoms with E-state index in [1.165, 1.54) is 6.42 Å². The second-order valence-electron chi connectivity index (χ2n) is 3.98. The van der Waals surface area contributed by atoms with Crippen molar-refractivity contribution in [3.05, 3.63) is 29.8 Å². The van der Waals surface area contributed by atoms with Gasteiger partial charge in [-0.3, -0.25) is 4.79 Å². The summed E-state index contributed by atoms with van der Waals surface area (Å²) in [6.45, 7) is 4.35. The monoisotopic (exact) mass is 220 g/mol. The fraction of sp³-hybridized carbons (Fsp3) is 0.462. The van der Waals surface area contributed by atoms with Gasteiger partial charge < -0.3 is 11.1 Å². The Hall–Kier alpha value is -1.51. The highest BCUT2D eigenvalue weighted by Gasteiger charge is 2.05. The number of primary amides is 1. The van der Waals surface area contributed by atoms with E-state index in [0.717, 1.165) is 18.5 Å². The first-order valence-corrected chi connectivity index (χ1v) is 5.83. The maximum Gasteiger partial charge on any atom is 0.248 e. The molecule has 0 saturated heterocycles. The highest BCUT2D eigenvalue weighted by molar-refractivity contribution is 5.93. The number of carbonyl (C=O) groups is 1. The molecule has 1 atom stereocenters. The number of amides is 1. The molecule has 0 heterocycles. The third kappa shape index (κ3) is 3.57. The Morgan fingerprint density at radius 2 is 1.94 bits per heavy atom. The van der Waals surface area contributed by atoms with Crippen LogP contribution in [-0.2, 0) is 0 Å². The van der Waals surface area contributed by atoms with Gasteiger partial charge in [-0.15, -0.1) is 0 Å². The van der Waals surface area contributed by atoms with Crippen molar-refractivity contribution in [1.82, 2.24) is 0 Å². The summed E-state index contributed by atoms with van der Waals surface area (Å²) >= 11 is 0. The molecule has 0 aliphatic rings. The van der Waals surface area contributed by atoms with Gasteiger partial charge in [0.05, 0.1) is 0 Å². The number of anilines is 1. The topological polar surface area (TPSA) is 55.1 Å². The van der Waals surface area contributed by atoms with E-state index in [1.54, 1.807) is 12.1 Å². The lowest BCUT2D eigenvalue weighted by molar-refractivity contribution is 0.100. The second kappa shape index (κ2) is 6.16. The average molecular weight is 220 g/mol. The van der Waals surface area contributed by atoms with Crippen LogP contribution in [0.3, 0.4) is 0 Å². The molecular formula is C13H20N2O. The minimum atomic E-state index is -0.382. The molecule has 3 nitrogen and oxygen atoms in total. The first kappa shape index (κ1) is 12.6. The van der Waals surface area contributed by atoms with Gasteiger partial charge in [-0.1, -0.05) is 20.3 Å². The summed E-state index contributed by atoms with van der Waals surface area (Å²) in [7, 11) is 0. The molecule has 0 fully saturated rings. The van der Waals surface area contributed by atoms with Crippen molar-refractivity contribution in [1.29, 1.82) is 0 Å². The number of nitrogens with one attached hydrogen (secondary N) is 1. The van der Waals surface area contributed by atoms with Crippen LogP contribution in [0.5, 0.6) is 0 Å². The molecule has 3 heteroatoms. The number of hydrogen-bond donors (Lipinski definition) is 2. The summed E-state index contributed by atoms with van der Waals surface area (Å²) < 4.78 is 0. The third-order valence-corrected chi connectivity index (χ3v) is 2.67. The molecule has 88 valence electrons. The van der Waals surface area contributed by atoms with Crippen LogP contribution in [0, 0.1) is 0 Å². The Balaban J connectivity index is 2.63. The van der Waals surface area contributed by atoms with Gasteiger partial charge in [0.15, 0.2) is 0 Å². The fourth-order valence-corrected chi connectivity index (χ4v) is 1.69. The molecule has 16 heavy (non-hydrogen) atoms. The molecule has 0 aliphatic carbocycles. The highest BCUT2D eigenvalue weighted by Crippen LogP contribution is 2.13. The van der Waals surface area contributed by atoms with Gasteiger partial charge in [0.25, 0.3) is 0 Å². The van der Waals surface area contributed by atoms with Crippen LogP contribution >= 0.6 is 0 Å². The Bertz CT molecular complexity index is 332. The first-order chi connectivity index (χ1) is 7.67. The van der Waals surface area contributed by atoms with E-state index >= 15 is 0 Å². The van der Waals surface area contributed by atoms with Crippen molar-refractivity contribution in [3.8, 4) is 0 Å². The van der Waals surface area contributed by atoms with Gasteiger partial charge in [-0.2, -0.15) is 0 Å². The second-order valence-corrected chi connectivity index (χ2v) is 3.98. The summed E-state index contributed by atoms with van der Waals surface area (Å²) in [5.41, 5.74) is 6.78. The summed E-state index contributed by atoms with van der Waals surface area (Å²) in [4.78, 5) is 10.9. The van der Waals surface area contributed by atoms with Crippen molar-refractivity contribution >= 4 is 11.6 Å². The van der Waals surface area contributed by atoms with Crippen LogP contribution < -0.4 is 11.1 Å². The molecule has 0 aliphatic heterocycles. The van der Waals surface area contributed by atoms with Crippen LogP contribution in [0.4, 0.5) is 5.69 Å². The zero-order chi connectivity index (χ0) is 12.0. The van der Waals surface area contributed by atoms with Crippen molar-refractivity contribution < 1.29 is 4.79 Å². The lowest BCUT2D eigenvalue weighted by atomic mass is 10.1. The minimum Gasteiger partial charge on any atom is -0.382 e. The van der Waals surface area contributed by atoms with Crippen LogP contribution in [0.25, 0.3) is 0 Å². The van der Waals surface area contributed by atoms with E-state index in [9.17, 15) is 4.79 Å². The summed E-state index contributed by atoms with van der Waals surface area (Å²) in [6.07, 6.45) is 3.43. The molecule has 1 aromatic carbocycles. The van der Waals surface area contributed by atoms with E-state index in [-0.39, 0.29) is 5.91 Å². The van der Waals surface area contributed by atoms with Crippen molar-refractivity contribution in [3.63, 3.8) is 0 Å². The highest BCUT2D eigenvalue weighted by atomic mass is 16.1. The van der Waals surface area contributed by atoms with E-state index in [0.29, 0.717) is 11.6 Å². The van der Waals surface area contributed by atoms with Gasteiger partial charge in [-0.25, -0.2) is 0 Å². The van der Waals surface area contributed by atoms with Gasteiger partial charge in [0, 0.05) is 17.3 Å². The zero-order valence-electron chi connectivity index (χ0n) is 9.99. The molecular weight excluding hydrogens is 200 g/mol. The Kier molecular flexibility index (Phi) is 4.83. The predicted octanol–water partition coefficient (Wildman–Crippen LogP) is 2.78. The number of benzene rings is 1. The zero-order valence-corrected chi connectivity index (χ0v) is 9.99. The number of carbonyl (C=O) groups excluding carboxylic acids is 1. The van der Waals surface area contributed by atoms with Gasteiger partial charge in [0.1, 0.15) is 0 Å². The van der Waals surface area contributed by atoms with Crippen LogP contribution in [0.1, 0.15) is 43.5 Å². The predicted molar refractivity (Wildman–Crippen MR) is 67.6 cm³/mol. The van der Waals surface area contributed by atoms with Crippen LogP contribution in [-0.4, -0.2) is 11.9 Å². The van der Waals surface area contributed by atoms with Crippen molar-refractivity contribution in [2.24, 2.45) is 5.73 Å². The third-order valence-electron chi connectivity index (χ3n) is 2.67. The molecule has 1 aromatic rings. The van der Waals surface area contributed by atoms with Gasteiger partial charge >= 0.3 is 0 Å². The van der Waals surface area contributed by atoms with Crippen LogP contribution in [0.2, 0.25) is 0 Å². The van der Waals surface area contributed by atoms with Gasteiger partial charge in [-0.05, 0) is 37.1 Å². The van der Waals surface area contributed by atoms with E-state index in [4.69, 9.17) is 5.73 Å². The molecule has 1 rings (SSSR count). The SMILES string of the molecule is CCCC(CC)Nc1ccc(C(N)=O)cc1.